The fraction of sp³-hybridized carbons (Fsp3) is 0.435. The Bertz CT molecular complexity index is 841. The Morgan fingerprint density at radius 2 is 1.96 bits per heavy atom. The van der Waals surface area contributed by atoms with Crippen LogP contribution in [0.25, 0.3) is 0 Å². The maximum absolute atomic E-state index is 12.7. The molecule has 2 aromatic rings. The molecular weight excluding hydrogens is 352 g/mol. The lowest BCUT2D eigenvalue weighted by atomic mass is 9.57. The molecule has 148 valence electrons. The van der Waals surface area contributed by atoms with Gasteiger partial charge in [0.25, 0.3) is 5.91 Å². The summed E-state index contributed by atoms with van der Waals surface area (Å²) in [6, 6.07) is 16.5. The molecule has 2 aromatic carbocycles. The number of phenols is 1. The molecule has 1 saturated heterocycles. The number of nitrogens with zero attached hydrogens (tertiary/aromatic N) is 1. The van der Waals surface area contributed by atoms with E-state index in [1.807, 2.05) is 36.4 Å². The number of likely N-dealkylation sites (tertiary alicyclic amines) is 1. The monoisotopic (exact) mass is 380 g/mol. The van der Waals surface area contributed by atoms with E-state index in [1.165, 1.54) is 0 Å². The Morgan fingerprint density at radius 1 is 1.18 bits per heavy atom. The summed E-state index contributed by atoms with van der Waals surface area (Å²) in [5, 5.41) is 24.2. The second-order valence-corrected chi connectivity index (χ2v) is 8.37. The van der Waals surface area contributed by atoms with Crippen molar-refractivity contribution in [3.63, 3.8) is 0 Å². The van der Waals surface area contributed by atoms with Crippen LogP contribution in [0.2, 0.25) is 0 Å². The fourth-order valence-electron chi connectivity index (χ4n) is 5.16. The highest BCUT2D eigenvalue weighted by atomic mass is 16.3. The van der Waals surface area contributed by atoms with E-state index in [-0.39, 0.29) is 29.0 Å². The van der Waals surface area contributed by atoms with Gasteiger partial charge in [0.2, 0.25) is 0 Å². The summed E-state index contributed by atoms with van der Waals surface area (Å²) >= 11 is 0. The SMILES string of the molecule is CN1CCC2(c3cccc(O)c3)CC(NC(=O)c3ccccc3)CC(O)C2C1. The molecule has 1 saturated carbocycles. The van der Waals surface area contributed by atoms with Crippen molar-refractivity contribution in [3.8, 4) is 5.75 Å². The van der Waals surface area contributed by atoms with Gasteiger partial charge in [0, 0.05) is 29.5 Å². The largest absolute Gasteiger partial charge is 0.508 e. The predicted molar refractivity (Wildman–Crippen MR) is 108 cm³/mol. The number of phenolic OH excluding ortho intramolecular Hbond substituents is 1. The highest BCUT2D eigenvalue weighted by Gasteiger charge is 2.51. The number of piperidine rings is 1. The second kappa shape index (κ2) is 7.57. The summed E-state index contributed by atoms with van der Waals surface area (Å²) in [5.41, 5.74) is 1.44. The van der Waals surface area contributed by atoms with Gasteiger partial charge in [0.05, 0.1) is 6.10 Å². The van der Waals surface area contributed by atoms with E-state index in [2.05, 4.69) is 17.3 Å². The quantitative estimate of drug-likeness (QED) is 0.765. The van der Waals surface area contributed by atoms with Gasteiger partial charge in [-0.15, -0.1) is 0 Å². The smallest absolute Gasteiger partial charge is 0.251 e. The van der Waals surface area contributed by atoms with Crippen molar-refractivity contribution >= 4 is 5.91 Å². The zero-order valence-electron chi connectivity index (χ0n) is 16.2. The summed E-state index contributed by atoms with van der Waals surface area (Å²) in [6.07, 6.45) is 1.72. The number of amides is 1. The Hall–Kier alpha value is -2.37. The van der Waals surface area contributed by atoms with Crippen molar-refractivity contribution in [1.82, 2.24) is 10.2 Å². The van der Waals surface area contributed by atoms with E-state index in [0.717, 1.165) is 31.5 Å². The Labute approximate surface area is 166 Å². The van der Waals surface area contributed by atoms with Gasteiger partial charge < -0.3 is 20.4 Å². The minimum absolute atomic E-state index is 0.0814. The maximum atomic E-state index is 12.7. The number of benzene rings is 2. The lowest BCUT2D eigenvalue weighted by molar-refractivity contribution is -0.0420. The molecule has 2 aliphatic rings. The third-order valence-electron chi connectivity index (χ3n) is 6.55. The third kappa shape index (κ3) is 3.52. The van der Waals surface area contributed by atoms with Gasteiger partial charge in [-0.3, -0.25) is 4.79 Å². The average Bonchev–Trinajstić information content (AvgIpc) is 2.69. The standard InChI is InChI=1S/C23H28N2O3/c1-25-11-10-23(17-8-5-9-19(26)12-17)14-18(13-21(27)20(23)15-25)24-22(28)16-6-3-2-4-7-16/h2-9,12,18,20-21,26-27H,10-11,13-15H2,1H3,(H,24,28). The number of aliphatic hydroxyl groups is 1. The van der Waals surface area contributed by atoms with Crippen LogP contribution in [0.3, 0.4) is 0 Å². The molecule has 3 N–H and O–H groups in total. The van der Waals surface area contributed by atoms with Gasteiger partial charge in [-0.2, -0.15) is 0 Å². The van der Waals surface area contributed by atoms with E-state index in [0.29, 0.717) is 12.0 Å². The molecule has 5 heteroatoms. The number of hydrogen-bond donors (Lipinski definition) is 3. The van der Waals surface area contributed by atoms with Gasteiger partial charge in [0.1, 0.15) is 5.75 Å². The number of carbonyl (C=O) groups excluding carboxylic acids is 1. The van der Waals surface area contributed by atoms with Crippen LogP contribution in [0.4, 0.5) is 0 Å². The van der Waals surface area contributed by atoms with Crippen LogP contribution in [-0.4, -0.2) is 53.3 Å². The third-order valence-corrected chi connectivity index (χ3v) is 6.55. The Kier molecular flexibility index (Phi) is 5.13. The van der Waals surface area contributed by atoms with Crippen molar-refractivity contribution in [1.29, 1.82) is 0 Å². The van der Waals surface area contributed by atoms with Crippen LogP contribution in [0.15, 0.2) is 54.6 Å². The first-order valence-corrected chi connectivity index (χ1v) is 10.00. The number of carbonyl (C=O) groups is 1. The molecule has 1 aliphatic heterocycles. The zero-order valence-corrected chi connectivity index (χ0v) is 16.2. The van der Waals surface area contributed by atoms with Gasteiger partial charge in [-0.1, -0.05) is 30.3 Å². The van der Waals surface area contributed by atoms with Crippen LogP contribution in [0, 0.1) is 5.92 Å². The Balaban J connectivity index is 1.64. The molecule has 0 aromatic heterocycles. The van der Waals surface area contributed by atoms with Crippen molar-refractivity contribution in [2.75, 3.05) is 20.1 Å². The summed E-state index contributed by atoms with van der Waals surface area (Å²) < 4.78 is 0. The summed E-state index contributed by atoms with van der Waals surface area (Å²) in [6.45, 7) is 1.74. The maximum Gasteiger partial charge on any atom is 0.251 e. The van der Waals surface area contributed by atoms with Gasteiger partial charge >= 0.3 is 0 Å². The first-order chi connectivity index (χ1) is 13.5. The molecule has 1 amide bonds. The lowest BCUT2D eigenvalue weighted by Gasteiger charge is -2.54. The number of aliphatic hydroxyl groups excluding tert-OH is 1. The lowest BCUT2D eigenvalue weighted by Crippen LogP contribution is -2.60. The fourth-order valence-corrected chi connectivity index (χ4v) is 5.16. The molecular formula is C23H28N2O3. The molecule has 28 heavy (non-hydrogen) atoms. The van der Waals surface area contributed by atoms with Crippen molar-refractivity contribution in [2.24, 2.45) is 5.92 Å². The van der Waals surface area contributed by atoms with Crippen molar-refractivity contribution in [2.45, 2.75) is 36.8 Å². The van der Waals surface area contributed by atoms with E-state index in [4.69, 9.17) is 0 Å². The van der Waals surface area contributed by atoms with Crippen LogP contribution in [0.5, 0.6) is 5.75 Å². The highest BCUT2D eigenvalue weighted by Crippen LogP contribution is 2.49. The average molecular weight is 380 g/mol. The minimum Gasteiger partial charge on any atom is -0.508 e. The summed E-state index contributed by atoms with van der Waals surface area (Å²) in [5.74, 6) is 0.225. The number of aromatic hydroxyl groups is 1. The summed E-state index contributed by atoms with van der Waals surface area (Å²) in [7, 11) is 2.09. The van der Waals surface area contributed by atoms with Crippen molar-refractivity contribution < 1.29 is 15.0 Å². The molecule has 1 heterocycles. The topological polar surface area (TPSA) is 72.8 Å². The molecule has 0 radical (unpaired) electrons. The molecule has 4 unspecified atom stereocenters. The van der Waals surface area contributed by atoms with Crippen molar-refractivity contribution in [3.05, 3.63) is 65.7 Å². The molecule has 2 fully saturated rings. The zero-order chi connectivity index (χ0) is 19.7. The molecule has 1 aliphatic carbocycles. The van der Waals surface area contributed by atoms with Crippen LogP contribution >= 0.6 is 0 Å². The number of rotatable bonds is 3. The Morgan fingerprint density at radius 3 is 2.71 bits per heavy atom. The van der Waals surface area contributed by atoms with E-state index < -0.39 is 6.10 Å². The number of nitrogens with one attached hydrogen (secondary N) is 1. The van der Waals surface area contributed by atoms with Gasteiger partial charge in [-0.25, -0.2) is 0 Å². The molecule has 4 atom stereocenters. The van der Waals surface area contributed by atoms with Gasteiger partial charge in [-0.05, 0) is 62.7 Å². The van der Waals surface area contributed by atoms with Gasteiger partial charge in [0.15, 0.2) is 0 Å². The van der Waals surface area contributed by atoms with E-state index in [9.17, 15) is 15.0 Å². The highest BCUT2D eigenvalue weighted by molar-refractivity contribution is 5.94. The second-order valence-electron chi connectivity index (χ2n) is 8.37. The first-order valence-electron chi connectivity index (χ1n) is 10.00. The molecule has 0 bridgehead atoms. The van der Waals surface area contributed by atoms with Crippen LogP contribution in [-0.2, 0) is 5.41 Å². The summed E-state index contributed by atoms with van der Waals surface area (Å²) in [4.78, 5) is 14.9. The molecule has 0 spiro atoms. The molecule has 4 rings (SSSR count). The van der Waals surface area contributed by atoms with E-state index >= 15 is 0 Å². The van der Waals surface area contributed by atoms with E-state index in [1.54, 1.807) is 18.2 Å². The minimum atomic E-state index is -0.500. The predicted octanol–water partition coefficient (Wildman–Crippen LogP) is 2.54. The first kappa shape index (κ1) is 19.0. The van der Waals surface area contributed by atoms with Crippen LogP contribution in [0.1, 0.15) is 35.2 Å². The van der Waals surface area contributed by atoms with Crippen LogP contribution < -0.4 is 5.32 Å². The molecule has 5 nitrogen and oxygen atoms in total. The normalized spacial score (nSPS) is 30.4. The number of hydrogen-bond acceptors (Lipinski definition) is 4. The number of fused-ring (bicyclic) bond motifs is 1.